The zero-order chi connectivity index (χ0) is 31.7. The van der Waals surface area contributed by atoms with Crippen molar-refractivity contribution in [3.8, 4) is 5.75 Å². The van der Waals surface area contributed by atoms with Crippen LogP contribution in [0.15, 0.2) is 76.5 Å². The SMILES string of the molecule is CCc1ccc(S(=O)(=O)N[C@@H]2c3cc(C(=O)Nc4cccc(S(=O)(=O)NC5CCCCC5)c4)ccc3OC(C)(C)[C@H]2O)cc1. The van der Waals surface area contributed by atoms with Gasteiger partial charge in [-0.15, -0.1) is 0 Å². The van der Waals surface area contributed by atoms with Gasteiger partial charge in [0.25, 0.3) is 5.91 Å². The summed E-state index contributed by atoms with van der Waals surface area (Å²) in [5, 5.41) is 13.9. The minimum absolute atomic E-state index is 0.0477. The largest absolute Gasteiger partial charge is 0.485 e. The van der Waals surface area contributed by atoms with Crippen LogP contribution >= 0.6 is 0 Å². The van der Waals surface area contributed by atoms with Crippen molar-refractivity contribution < 1.29 is 31.5 Å². The van der Waals surface area contributed by atoms with Crippen LogP contribution in [0.5, 0.6) is 5.75 Å². The Balaban J connectivity index is 1.39. The highest BCUT2D eigenvalue weighted by molar-refractivity contribution is 7.89. The van der Waals surface area contributed by atoms with E-state index in [0.29, 0.717) is 11.3 Å². The third kappa shape index (κ3) is 7.00. The number of aryl methyl sites for hydroxylation is 1. The van der Waals surface area contributed by atoms with Gasteiger partial charge in [-0.3, -0.25) is 4.79 Å². The fourth-order valence-electron chi connectivity index (χ4n) is 5.66. The maximum absolute atomic E-state index is 13.4. The molecule has 0 saturated heterocycles. The van der Waals surface area contributed by atoms with Gasteiger partial charge < -0.3 is 15.2 Å². The molecule has 10 nitrogen and oxygen atoms in total. The molecule has 1 fully saturated rings. The summed E-state index contributed by atoms with van der Waals surface area (Å²) in [4.78, 5) is 13.4. The van der Waals surface area contributed by atoms with Crippen molar-refractivity contribution in [2.45, 2.75) is 92.9 Å². The van der Waals surface area contributed by atoms with Gasteiger partial charge in [0.1, 0.15) is 17.5 Å². The standard InChI is InChI=1S/C32H39N3O7S2/c1-4-21-13-16-25(17-14-21)43(38,39)35-29-27-19-22(15-18-28(27)42-32(2,3)30(29)36)31(37)33-24-11-8-12-26(20-24)44(40,41)34-23-9-6-5-7-10-23/h8,11-20,23,29-30,34-36H,4-7,9-10H2,1-3H3,(H,33,37)/t29-,30+/m1/s1. The molecule has 0 aromatic heterocycles. The molecular formula is C32H39N3O7S2. The van der Waals surface area contributed by atoms with Crippen molar-refractivity contribution in [2.75, 3.05) is 5.32 Å². The van der Waals surface area contributed by atoms with E-state index >= 15 is 0 Å². The van der Waals surface area contributed by atoms with Crippen molar-refractivity contribution in [1.29, 1.82) is 0 Å². The molecule has 1 aliphatic heterocycles. The number of rotatable bonds is 9. The first-order valence-corrected chi connectivity index (χ1v) is 17.8. The lowest BCUT2D eigenvalue weighted by atomic mass is 9.86. The molecule has 1 heterocycles. The summed E-state index contributed by atoms with van der Waals surface area (Å²) < 4.78 is 64.2. The number of carbonyl (C=O) groups is 1. The van der Waals surface area contributed by atoms with Gasteiger partial charge in [0.15, 0.2) is 0 Å². The van der Waals surface area contributed by atoms with Gasteiger partial charge in [0.2, 0.25) is 20.0 Å². The van der Waals surface area contributed by atoms with E-state index in [4.69, 9.17) is 4.74 Å². The molecule has 236 valence electrons. The van der Waals surface area contributed by atoms with E-state index in [1.807, 2.05) is 6.92 Å². The average molecular weight is 642 g/mol. The minimum atomic E-state index is -4.05. The Hall–Kier alpha value is -3.29. The molecule has 0 radical (unpaired) electrons. The first-order chi connectivity index (χ1) is 20.8. The summed E-state index contributed by atoms with van der Waals surface area (Å²) in [5.74, 6) is -0.216. The molecule has 1 amide bonds. The van der Waals surface area contributed by atoms with Crippen LogP contribution < -0.4 is 19.5 Å². The van der Waals surface area contributed by atoms with E-state index in [2.05, 4.69) is 14.8 Å². The summed E-state index contributed by atoms with van der Waals surface area (Å²) in [6.07, 6.45) is 4.14. The summed E-state index contributed by atoms with van der Waals surface area (Å²) in [7, 11) is -7.83. The van der Waals surface area contributed by atoms with Gasteiger partial charge in [0.05, 0.1) is 15.8 Å². The number of carbonyl (C=O) groups excluding carboxylic acids is 1. The zero-order valence-electron chi connectivity index (χ0n) is 25.0. The average Bonchev–Trinajstić information content (AvgIpc) is 2.99. The molecule has 4 N–H and O–H groups in total. The van der Waals surface area contributed by atoms with Crippen LogP contribution in [-0.2, 0) is 26.5 Å². The highest BCUT2D eigenvalue weighted by Gasteiger charge is 2.45. The van der Waals surface area contributed by atoms with Crippen LogP contribution in [0.25, 0.3) is 0 Å². The van der Waals surface area contributed by atoms with Crippen molar-refractivity contribution >= 4 is 31.6 Å². The van der Waals surface area contributed by atoms with E-state index in [9.17, 15) is 26.7 Å². The lowest BCUT2D eigenvalue weighted by molar-refractivity contribution is -0.0603. The van der Waals surface area contributed by atoms with Crippen LogP contribution in [0.2, 0.25) is 0 Å². The van der Waals surface area contributed by atoms with Crippen LogP contribution in [-0.4, -0.2) is 45.6 Å². The normalized spacial score (nSPS) is 20.4. The van der Waals surface area contributed by atoms with E-state index in [1.165, 1.54) is 36.4 Å². The second-order valence-corrected chi connectivity index (χ2v) is 15.4. The molecule has 1 saturated carbocycles. The number of amides is 1. The fourth-order valence-corrected chi connectivity index (χ4v) is 8.23. The summed E-state index contributed by atoms with van der Waals surface area (Å²) in [6.45, 7) is 5.28. The third-order valence-electron chi connectivity index (χ3n) is 8.26. The molecule has 0 spiro atoms. The van der Waals surface area contributed by atoms with Gasteiger partial charge in [-0.05, 0) is 87.2 Å². The van der Waals surface area contributed by atoms with Crippen LogP contribution in [0.3, 0.4) is 0 Å². The number of anilines is 1. The Morgan fingerprint density at radius 2 is 1.57 bits per heavy atom. The monoisotopic (exact) mass is 641 g/mol. The fraction of sp³-hybridized carbons (Fsp3) is 0.406. The van der Waals surface area contributed by atoms with Crippen molar-refractivity contribution in [1.82, 2.24) is 9.44 Å². The molecule has 0 bridgehead atoms. The zero-order valence-corrected chi connectivity index (χ0v) is 26.7. The molecule has 44 heavy (non-hydrogen) atoms. The highest BCUT2D eigenvalue weighted by atomic mass is 32.2. The number of hydrogen-bond acceptors (Lipinski definition) is 7. The van der Waals surface area contributed by atoms with Crippen molar-refractivity contribution in [2.24, 2.45) is 0 Å². The number of ether oxygens (including phenoxy) is 1. The molecule has 1 aliphatic carbocycles. The molecule has 3 aromatic rings. The quantitative estimate of drug-likeness (QED) is 0.265. The first-order valence-electron chi connectivity index (χ1n) is 14.8. The van der Waals surface area contributed by atoms with Crippen molar-refractivity contribution in [3.63, 3.8) is 0 Å². The lowest BCUT2D eigenvalue weighted by Gasteiger charge is -2.42. The van der Waals surface area contributed by atoms with E-state index in [1.54, 1.807) is 44.2 Å². The Morgan fingerprint density at radius 3 is 2.25 bits per heavy atom. The molecule has 3 aromatic carbocycles. The van der Waals surface area contributed by atoms with Gasteiger partial charge in [-0.1, -0.05) is 44.4 Å². The second-order valence-electron chi connectivity index (χ2n) is 11.9. The number of hydrogen-bond donors (Lipinski definition) is 4. The van der Waals surface area contributed by atoms with E-state index < -0.39 is 43.7 Å². The summed E-state index contributed by atoms with van der Waals surface area (Å²) in [6, 6.07) is 15.9. The van der Waals surface area contributed by atoms with Gasteiger partial charge >= 0.3 is 0 Å². The molecule has 5 rings (SSSR count). The maximum atomic E-state index is 13.4. The number of aliphatic hydroxyl groups is 1. The lowest BCUT2D eigenvalue weighted by Crippen LogP contribution is -2.53. The number of sulfonamides is 2. The minimum Gasteiger partial charge on any atom is -0.485 e. The van der Waals surface area contributed by atoms with Crippen LogP contribution in [0.1, 0.15) is 80.4 Å². The Kier molecular flexibility index (Phi) is 9.20. The molecular weight excluding hydrogens is 603 g/mol. The number of aliphatic hydroxyl groups excluding tert-OH is 1. The predicted octanol–water partition coefficient (Wildman–Crippen LogP) is 4.66. The van der Waals surface area contributed by atoms with Gasteiger partial charge in [-0.25, -0.2) is 26.3 Å². The Bertz CT molecular complexity index is 1730. The molecule has 2 atom stereocenters. The van der Waals surface area contributed by atoms with Crippen LogP contribution in [0, 0.1) is 0 Å². The smallest absolute Gasteiger partial charge is 0.255 e. The topological polar surface area (TPSA) is 151 Å². The van der Waals surface area contributed by atoms with Crippen LogP contribution in [0.4, 0.5) is 5.69 Å². The summed E-state index contributed by atoms with van der Waals surface area (Å²) >= 11 is 0. The molecule has 12 heteroatoms. The highest BCUT2D eigenvalue weighted by Crippen LogP contribution is 2.41. The van der Waals surface area contributed by atoms with E-state index in [0.717, 1.165) is 44.1 Å². The Morgan fingerprint density at radius 1 is 0.886 bits per heavy atom. The molecule has 2 aliphatic rings. The first kappa shape index (κ1) is 32.1. The third-order valence-corrected chi connectivity index (χ3v) is 11.2. The predicted molar refractivity (Wildman–Crippen MR) is 168 cm³/mol. The number of fused-ring (bicyclic) bond motifs is 1. The van der Waals surface area contributed by atoms with Gasteiger partial charge in [0, 0.05) is 22.9 Å². The van der Waals surface area contributed by atoms with Crippen molar-refractivity contribution in [3.05, 3.63) is 83.4 Å². The molecule has 0 unspecified atom stereocenters. The van der Waals surface area contributed by atoms with E-state index in [-0.39, 0.29) is 27.1 Å². The number of nitrogens with one attached hydrogen (secondary N) is 3. The number of benzene rings is 3. The van der Waals surface area contributed by atoms with Gasteiger partial charge in [-0.2, -0.15) is 0 Å². The Labute approximate surface area is 259 Å². The second kappa shape index (κ2) is 12.6. The summed E-state index contributed by atoms with van der Waals surface area (Å²) in [5.41, 5.74) is 0.606. The maximum Gasteiger partial charge on any atom is 0.255 e.